The zero-order valence-corrected chi connectivity index (χ0v) is 34.8. The summed E-state index contributed by atoms with van der Waals surface area (Å²) in [7, 11) is 0. The van der Waals surface area contributed by atoms with Crippen molar-refractivity contribution >= 4 is 44.7 Å². The lowest BCUT2D eigenvalue weighted by molar-refractivity contribution is -0.145. The van der Waals surface area contributed by atoms with Gasteiger partial charge in [-0.05, 0) is 72.7 Å². The lowest BCUT2D eigenvalue weighted by Crippen LogP contribution is -2.46. The van der Waals surface area contributed by atoms with Crippen LogP contribution >= 0.6 is 22.9 Å². The largest absolute Gasteiger partial charge is 0.507 e. The van der Waals surface area contributed by atoms with Gasteiger partial charge in [0.25, 0.3) is 0 Å². The Balaban J connectivity index is 1.22. The third-order valence-electron chi connectivity index (χ3n) is 9.78. The Labute approximate surface area is 364 Å². The maximum atomic E-state index is 14.0. The van der Waals surface area contributed by atoms with Gasteiger partial charge < -0.3 is 29.6 Å². The van der Waals surface area contributed by atoms with E-state index >= 15 is 0 Å². The van der Waals surface area contributed by atoms with E-state index < -0.39 is 17.9 Å². The van der Waals surface area contributed by atoms with Crippen LogP contribution < -0.4 is 14.2 Å². The highest BCUT2D eigenvalue weighted by molar-refractivity contribution is 7.22. The second-order valence-corrected chi connectivity index (χ2v) is 15.6. The number of aliphatic carboxylic acids is 1. The first-order valence-electron chi connectivity index (χ1n) is 19.2. The summed E-state index contributed by atoms with van der Waals surface area (Å²) in [4.78, 5) is 34.1. The standard InChI is InChI=1S/C45H39ClFN7O7S/c1-27(7-13-36(55)28(2)46)39-40-43(50-25-51-44(40)62-41(39)29-8-10-32(47)11-9-29)61-38(45(56)57)22-31-21-34(60-26-53-17-19-54(58)20-18-53)12-14-37(31)59-24-33-15-16-49-42(52-33)35-6-4-3-5-30(35)23-48/h3-16,21,25,38,55,58H,1,17-20,22,24,26H2,2H3,(H,56,57)/b13-7-,36-28-/t38-/m1/s1. The molecule has 62 heavy (non-hydrogen) atoms. The molecule has 0 amide bonds. The Morgan fingerprint density at radius 2 is 1.81 bits per heavy atom. The summed E-state index contributed by atoms with van der Waals surface area (Å²) in [5.74, 6) is -0.829. The number of hydroxylamine groups is 2. The Hall–Kier alpha value is -6.74. The van der Waals surface area contributed by atoms with Crippen molar-refractivity contribution in [2.45, 2.75) is 26.1 Å². The summed E-state index contributed by atoms with van der Waals surface area (Å²) < 4.78 is 32.8. The van der Waals surface area contributed by atoms with Crippen molar-refractivity contribution in [1.82, 2.24) is 29.9 Å². The normalized spacial score (nSPS) is 14.3. The number of nitrogens with zero attached hydrogens (tertiary/aromatic N) is 7. The molecule has 1 aliphatic rings. The lowest BCUT2D eigenvalue weighted by atomic mass is 10.0. The number of aliphatic hydroxyl groups excluding tert-OH is 1. The van der Waals surface area contributed by atoms with Gasteiger partial charge >= 0.3 is 5.97 Å². The molecule has 6 aromatic rings. The third-order valence-corrected chi connectivity index (χ3v) is 11.1. The topological polar surface area (TPSA) is 187 Å². The van der Waals surface area contributed by atoms with Crippen LogP contribution in [0.4, 0.5) is 4.39 Å². The monoisotopic (exact) mass is 875 g/mol. The van der Waals surface area contributed by atoms with Crippen LogP contribution in [0.15, 0.2) is 115 Å². The number of allylic oxidation sites excluding steroid dienone is 4. The van der Waals surface area contributed by atoms with Gasteiger partial charge in [-0.15, -0.1) is 11.3 Å². The third kappa shape index (κ3) is 10.4. The van der Waals surface area contributed by atoms with Crippen LogP contribution in [0.5, 0.6) is 17.4 Å². The van der Waals surface area contributed by atoms with E-state index in [1.54, 1.807) is 72.9 Å². The molecule has 0 unspecified atom stereocenters. The molecule has 3 N–H and O–H groups in total. The first-order chi connectivity index (χ1) is 30.0. The first-order valence-corrected chi connectivity index (χ1v) is 20.4. The average Bonchev–Trinajstić information content (AvgIpc) is 3.68. The summed E-state index contributed by atoms with van der Waals surface area (Å²) in [5, 5.41) is 42.2. The fourth-order valence-corrected chi connectivity index (χ4v) is 7.75. The molecule has 316 valence electrons. The van der Waals surface area contributed by atoms with Gasteiger partial charge in [-0.3, -0.25) is 4.90 Å². The Bertz CT molecular complexity index is 2710. The van der Waals surface area contributed by atoms with E-state index in [0.29, 0.717) is 97.7 Å². The molecule has 0 radical (unpaired) electrons. The van der Waals surface area contributed by atoms with Crippen LogP contribution in [-0.2, 0) is 17.8 Å². The van der Waals surface area contributed by atoms with Crippen molar-refractivity contribution in [3.05, 3.63) is 143 Å². The second-order valence-electron chi connectivity index (χ2n) is 14.0. The smallest absolute Gasteiger partial charge is 0.345 e. The number of piperazine rings is 1. The molecule has 0 bridgehead atoms. The van der Waals surface area contributed by atoms with E-state index in [0.717, 1.165) is 0 Å². The predicted molar refractivity (Wildman–Crippen MR) is 231 cm³/mol. The maximum Gasteiger partial charge on any atom is 0.345 e. The van der Waals surface area contributed by atoms with E-state index in [4.69, 9.17) is 25.8 Å². The highest BCUT2D eigenvalue weighted by atomic mass is 35.5. The molecule has 0 saturated carbocycles. The van der Waals surface area contributed by atoms with Gasteiger partial charge in [0.1, 0.15) is 47.6 Å². The van der Waals surface area contributed by atoms with Gasteiger partial charge in [0.05, 0.1) is 27.7 Å². The molecule has 7 rings (SSSR count). The van der Waals surface area contributed by atoms with Crippen LogP contribution in [0, 0.1) is 17.1 Å². The van der Waals surface area contributed by atoms with E-state index in [9.17, 15) is 29.9 Å². The Morgan fingerprint density at radius 3 is 2.55 bits per heavy atom. The lowest BCUT2D eigenvalue weighted by Gasteiger charge is -2.30. The number of carbonyl (C=O) groups is 1. The number of rotatable bonds is 16. The van der Waals surface area contributed by atoms with E-state index in [2.05, 4.69) is 32.6 Å². The van der Waals surface area contributed by atoms with Gasteiger partial charge in [0.15, 0.2) is 5.82 Å². The quantitative estimate of drug-likeness (QED) is 0.0621. The number of hydrogen-bond donors (Lipinski definition) is 3. The molecule has 1 aliphatic heterocycles. The maximum absolute atomic E-state index is 14.0. The van der Waals surface area contributed by atoms with E-state index in [-0.39, 0.29) is 36.4 Å². The first kappa shape index (κ1) is 43.4. The molecule has 0 aliphatic carbocycles. The fraction of sp³-hybridized carbons (Fsp3) is 0.200. The highest BCUT2D eigenvalue weighted by Crippen LogP contribution is 2.45. The minimum Gasteiger partial charge on any atom is -0.507 e. The Morgan fingerprint density at radius 1 is 1.03 bits per heavy atom. The molecule has 4 heterocycles. The average molecular weight is 876 g/mol. The molecule has 14 nitrogen and oxygen atoms in total. The fourth-order valence-electron chi connectivity index (χ4n) is 6.51. The van der Waals surface area contributed by atoms with Crippen molar-refractivity contribution in [2.75, 3.05) is 32.9 Å². The molecular weight excluding hydrogens is 837 g/mol. The number of ether oxygens (including phenoxy) is 3. The van der Waals surface area contributed by atoms with Gasteiger partial charge in [0.2, 0.25) is 12.0 Å². The van der Waals surface area contributed by atoms with E-state index in [1.807, 2.05) is 4.90 Å². The van der Waals surface area contributed by atoms with Crippen LogP contribution in [-0.4, -0.2) is 90.3 Å². The number of benzene rings is 3. The van der Waals surface area contributed by atoms with E-state index in [1.165, 1.54) is 47.9 Å². The minimum absolute atomic E-state index is 0.0257. The van der Waals surface area contributed by atoms with Gasteiger partial charge in [0, 0.05) is 60.4 Å². The van der Waals surface area contributed by atoms with Crippen molar-refractivity contribution in [2.24, 2.45) is 0 Å². The van der Waals surface area contributed by atoms with Crippen LogP contribution in [0.1, 0.15) is 29.3 Å². The number of aliphatic hydroxyl groups is 1. The molecule has 1 fully saturated rings. The predicted octanol–water partition coefficient (Wildman–Crippen LogP) is 8.42. The molecule has 3 aromatic carbocycles. The number of thiophene rings is 1. The molecule has 1 saturated heterocycles. The van der Waals surface area contributed by atoms with Gasteiger partial charge in [-0.2, -0.15) is 10.3 Å². The number of aromatic nitrogens is 4. The Kier molecular flexibility index (Phi) is 13.8. The zero-order valence-electron chi connectivity index (χ0n) is 33.2. The molecule has 1 atom stereocenters. The van der Waals surface area contributed by atoms with Crippen molar-refractivity contribution in [3.8, 4) is 45.3 Å². The van der Waals surface area contributed by atoms with Crippen LogP contribution in [0.2, 0.25) is 0 Å². The number of carboxylic acid groups (broad SMARTS) is 1. The summed E-state index contributed by atoms with van der Waals surface area (Å²) in [6, 6.07) is 21.8. The number of fused-ring (bicyclic) bond motifs is 1. The second kappa shape index (κ2) is 19.8. The number of hydrogen-bond acceptors (Lipinski definition) is 14. The number of halogens is 2. The minimum atomic E-state index is -1.52. The number of nitriles is 1. The van der Waals surface area contributed by atoms with Gasteiger partial charge in [-0.25, -0.2) is 29.1 Å². The van der Waals surface area contributed by atoms with Crippen LogP contribution in [0.3, 0.4) is 0 Å². The summed E-state index contributed by atoms with van der Waals surface area (Å²) in [6.07, 6.45) is 4.03. The number of carboxylic acids is 1. The zero-order chi connectivity index (χ0) is 43.8. The molecule has 17 heteroatoms. The molecule has 0 spiro atoms. The van der Waals surface area contributed by atoms with Crippen molar-refractivity contribution < 1.29 is 38.8 Å². The summed E-state index contributed by atoms with van der Waals surface area (Å²) in [6.45, 7) is 8.08. The SMILES string of the molecule is C=C(/C=C\C(O)=C(/C)Cl)c1c(-c2ccc(F)cc2)sc2ncnc(O[C@H](Cc3cc(OCN4CCN(O)CC4)ccc3OCc3ccnc(-c4ccccc4C#N)n3)C(=O)O)c12. The highest BCUT2D eigenvalue weighted by Gasteiger charge is 2.28. The van der Waals surface area contributed by atoms with Crippen molar-refractivity contribution in [1.29, 1.82) is 5.26 Å². The van der Waals surface area contributed by atoms with Gasteiger partial charge in [-0.1, -0.05) is 48.5 Å². The molecule has 3 aromatic heterocycles. The van der Waals surface area contributed by atoms with Crippen molar-refractivity contribution in [3.63, 3.8) is 0 Å². The summed E-state index contributed by atoms with van der Waals surface area (Å²) in [5.41, 5.74) is 3.43. The summed E-state index contributed by atoms with van der Waals surface area (Å²) >= 11 is 7.25. The van der Waals surface area contributed by atoms with Crippen LogP contribution in [0.25, 0.3) is 37.6 Å². The molecular formula is C45H39ClFN7O7S.